The predicted octanol–water partition coefficient (Wildman–Crippen LogP) is 2.77. The fourth-order valence-electron chi connectivity index (χ4n) is 1.87. The first-order valence-corrected chi connectivity index (χ1v) is 5.77. The summed E-state index contributed by atoms with van der Waals surface area (Å²) in [5.74, 6) is 0. The Hall–Kier alpha value is -1.77. The van der Waals surface area contributed by atoms with Crippen molar-refractivity contribution in [2.45, 2.75) is 33.1 Å². The average molecular weight is 230 g/mol. The highest BCUT2D eigenvalue weighted by Crippen LogP contribution is 2.18. The Morgan fingerprint density at radius 1 is 1.24 bits per heavy atom. The molecule has 1 aromatic heterocycles. The third kappa shape index (κ3) is 2.18. The van der Waals surface area contributed by atoms with Crippen LogP contribution < -0.4 is 5.56 Å². The molecule has 17 heavy (non-hydrogen) atoms. The second-order valence-corrected chi connectivity index (χ2v) is 5.42. The van der Waals surface area contributed by atoms with Crippen molar-refractivity contribution in [3.8, 4) is 5.69 Å². The first-order chi connectivity index (χ1) is 7.89. The fraction of sp³-hybridized carbons (Fsp3) is 0.357. The van der Waals surface area contributed by atoms with E-state index in [1.165, 1.54) is 0 Å². The van der Waals surface area contributed by atoms with Gasteiger partial charge in [0.05, 0.1) is 5.69 Å². The lowest BCUT2D eigenvalue weighted by Gasteiger charge is -2.14. The van der Waals surface area contributed by atoms with Crippen LogP contribution >= 0.6 is 0 Å². The van der Waals surface area contributed by atoms with Crippen LogP contribution in [0.2, 0.25) is 0 Å². The Balaban J connectivity index is 2.56. The molecule has 0 radical (unpaired) electrons. The molecule has 0 unspecified atom stereocenters. The first kappa shape index (κ1) is 11.7. The molecule has 0 aliphatic heterocycles. The summed E-state index contributed by atoms with van der Waals surface area (Å²) >= 11 is 0. The third-order valence-corrected chi connectivity index (χ3v) is 2.84. The molecule has 0 amide bonds. The normalized spacial score (nSPS) is 11.8. The molecule has 0 fully saturated rings. The zero-order valence-electron chi connectivity index (χ0n) is 10.7. The highest BCUT2D eigenvalue weighted by Gasteiger charge is 2.20. The van der Waals surface area contributed by atoms with Crippen LogP contribution in [0, 0.1) is 6.92 Å². The molecule has 1 aromatic carbocycles. The average Bonchev–Trinajstić information content (AvgIpc) is 2.59. The summed E-state index contributed by atoms with van der Waals surface area (Å²) in [6, 6.07) is 7.89. The molecule has 3 heteroatoms. The van der Waals surface area contributed by atoms with E-state index in [1.807, 2.05) is 52.0 Å². The predicted molar refractivity (Wildman–Crippen MR) is 69.8 cm³/mol. The van der Waals surface area contributed by atoms with Crippen molar-refractivity contribution in [2.75, 3.05) is 0 Å². The number of nitrogens with one attached hydrogen (secondary N) is 1. The van der Waals surface area contributed by atoms with E-state index < -0.39 is 0 Å². The van der Waals surface area contributed by atoms with E-state index in [4.69, 9.17) is 0 Å². The number of hydrogen-bond donors (Lipinski definition) is 1. The molecule has 0 saturated heterocycles. The maximum atomic E-state index is 12.3. The molecule has 1 heterocycles. The Labute approximate surface area is 101 Å². The van der Waals surface area contributed by atoms with E-state index in [0.29, 0.717) is 0 Å². The maximum Gasteiger partial charge on any atom is 0.274 e. The zero-order valence-corrected chi connectivity index (χ0v) is 10.7. The molecule has 3 nitrogen and oxygen atoms in total. The quantitative estimate of drug-likeness (QED) is 0.803. The summed E-state index contributed by atoms with van der Waals surface area (Å²) in [4.78, 5) is 12.3. The highest BCUT2D eigenvalue weighted by molar-refractivity contribution is 5.35. The van der Waals surface area contributed by atoms with Gasteiger partial charge in [0.2, 0.25) is 0 Å². The number of aryl methyl sites for hydroxylation is 1. The largest absolute Gasteiger partial charge is 0.298 e. The van der Waals surface area contributed by atoms with Crippen molar-refractivity contribution in [1.82, 2.24) is 9.78 Å². The van der Waals surface area contributed by atoms with Gasteiger partial charge in [-0.15, -0.1) is 0 Å². The minimum absolute atomic E-state index is 0.0306. The number of nitrogens with zero attached hydrogens (tertiary/aromatic N) is 1. The molecule has 90 valence electrons. The Morgan fingerprint density at radius 3 is 2.47 bits per heavy atom. The highest BCUT2D eigenvalue weighted by atomic mass is 16.1. The summed E-state index contributed by atoms with van der Waals surface area (Å²) < 4.78 is 1.59. The fourth-order valence-corrected chi connectivity index (χ4v) is 1.87. The van der Waals surface area contributed by atoms with Gasteiger partial charge in [-0.2, -0.15) is 0 Å². The van der Waals surface area contributed by atoms with Crippen LogP contribution in [0.1, 0.15) is 31.9 Å². The van der Waals surface area contributed by atoms with Gasteiger partial charge in [-0.3, -0.25) is 9.89 Å². The van der Waals surface area contributed by atoms with Gasteiger partial charge in [0.25, 0.3) is 5.56 Å². The molecule has 2 rings (SSSR count). The molecule has 0 atom stereocenters. The van der Waals surface area contributed by atoms with Gasteiger partial charge in [-0.25, -0.2) is 4.68 Å². The van der Waals surface area contributed by atoms with Crippen molar-refractivity contribution in [3.63, 3.8) is 0 Å². The van der Waals surface area contributed by atoms with Crippen molar-refractivity contribution < 1.29 is 0 Å². The van der Waals surface area contributed by atoms with Crippen molar-refractivity contribution in [2.24, 2.45) is 0 Å². The van der Waals surface area contributed by atoms with E-state index in [2.05, 4.69) is 5.10 Å². The number of hydrogen-bond acceptors (Lipinski definition) is 1. The molecular weight excluding hydrogens is 212 g/mol. The summed E-state index contributed by atoms with van der Waals surface area (Å²) in [5, 5.41) is 3.03. The minimum atomic E-state index is -0.136. The van der Waals surface area contributed by atoms with Gasteiger partial charge in [0.1, 0.15) is 0 Å². The van der Waals surface area contributed by atoms with E-state index in [9.17, 15) is 4.79 Å². The molecular formula is C14H18N2O. The lowest BCUT2D eigenvalue weighted by Crippen LogP contribution is -2.24. The monoisotopic (exact) mass is 230 g/mol. The third-order valence-electron chi connectivity index (χ3n) is 2.84. The van der Waals surface area contributed by atoms with Crippen molar-refractivity contribution in [1.29, 1.82) is 0 Å². The van der Waals surface area contributed by atoms with Crippen LogP contribution in [0.25, 0.3) is 5.69 Å². The number of benzene rings is 1. The number of H-pyrrole nitrogens is 1. The molecule has 0 aliphatic rings. The smallest absolute Gasteiger partial charge is 0.274 e. The van der Waals surface area contributed by atoms with Gasteiger partial charge < -0.3 is 0 Å². The topological polar surface area (TPSA) is 37.8 Å². The maximum absolute atomic E-state index is 12.3. The van der Waals surface area contributed by atoms with Crippen LogP contribution in [-0.2, 0) is 5.41 Å². The lowest BCUT2D eigenvalue weighted by atomic mass is 9.89. The summed E-state index contributed by atoms with van der Waals surface area (Å²) in [6.07, 6.45) is 1.80. The van der Waals surface area contributed by atoms with Gasteiger partial charge in [0, 0.05) is 11.8 Å². The second kappa shape index (κ2) is 3.91. The van der Waals surface area contributed by atoms with Gasteiger partial charge in [-0.05, 0) is 30.0 Å². The SMILES string of the molecule is Cc1cccc(-n2[nH]cc(C(C)(C)C)c2=O)c1. The van der Waals surface area contributed by atoms with Crippen LogP contribution in [0.15, 0.2) is 35.3 Å². The molecule has 2 aromatic rings. The van der Waals surface area contributed by atoms with Gasteiger partial charge >= 0.3 is 0 Å². The van der Waals surface area contributed by atoms with Crippen LogP contribution in [-0.4, -0.2) is 9.78 Å². The van der Waals surface area contributed by atoms with E-state index in [-0.39, 0.29) is 11.0 Å². The molecule has 0 saturated carbocycles. The van der Waals surface area contributed by atoms with Gasteiger partial charge in [0.15, 0.2) is 0 Å². The number of rotatable bonds is 1. The molecule has 0 bridgehead atoms. The minimum Gasteiger partial charge on any atom is -0.298 e. The molecule has 1 N–H and O–H groups in total. The van der Waals surface area contributed by atoms with E-state index in [1.54, 1.807) is 10.9 Å². The number of aromatic amines is 1. The summed E-state index contributed by atoms with van der Waals surface area (Å²) in [7, 11) is 0. The summed E-state index contributed by atoms with van der Waals surface area (Å²) in [6.45, 7) is 8.14. The van der Waals surface area contributed by atoms with Crippen molar-refractivity contribution >= 4 is 0 Å². The van der Waals surface area contributed by atoms with Crippen LogP contribution in [0.3, 0.4) is 0 Å². The Kier molecular flexibility index (Phi) is 2.69. The standard InChI is InChI=1S/C14H18N2O/c1-10-6-5-7-11(8-10)16-13(17)12(9-15-16)14(2,3)4/h5-9,15H,1-4H3. The molecule has 0 aliphatic carbocycles. The Bertz CT molecular complexity index is 585. The van der Waals surface area contributed by atoms with Gasteiger partial charge in [-0.1, -0.05) is 32.9 Å². The molecule has 0 spiro atoms. The number of aromatic nitrogens is 2. The van der Waals surface area contributed by atoms with Crippen LogP contribution in [0.5, 0.6) is 0 Å². The van der Waals surface area contributed by atoms with E-state index in [0.717, 1.165) is 16.8 Å². The second-order valence-electron chi connectivity index (χ2n) is 5.42. The zero-order chi connectivity index (χ0) is 12.6. The summed E-state index contributed by atoms with van der Waals surface area (Å²) in [5.41, 5.74) is 2.72. The van der Waals surface area contributed by atoms with Crippen LogP contribution in [0.4, 0.5) is 0 Å². The van der Waals surface area contributed by atoms with E-state index >= 15 is 0 Å². The van der Waals surface area contributed by atoms with Crippen molar-refractivity contribution in [3.05, 3.63) is 51.9 Å². The lowest BCUT2D eigenvalue weighted by molar-refractivity contribution is 0.584. The Morgan fingerprint density at radius 2 is 1.94 bits per heavy atom. The first-order valence-electron chi connectivity index (χ1n) is 5.77.